The molecule has 0 spiro atoms. The summed E-state index contributed by atoms with van der Waals surface area (Å²) in [5, 5.41) is 0. The molecule has 0 heterocycles. The second-order valence-electron chi connectivity index (χ2n) is 3.91. The van der Waals surface area contributed by atoms with Crippen molar-refractivity contribution in [2.45, 2.75) is 24.7 Å². The van der Waals surface area contributed by atoms with E-state index in [0.29, 0.717) is 5.56 Å². The van der Waals surface area contributed by atoms with Crippen molar-refractivity contribution in [3.05, 3.63) is 35.4 Å². The summed E-state index contributed by atoms with van der Waals surface area (Å²) in [5.74, 6) is -1.90. The smallest absolute Gasteiger partial charge is 0.236 e. The van der Waals surface area contributed by atoms with Gasteiger partial charge in [0.25, 0.3) is 0 Å². The second-order valence-corrected chi connectivity index (χ2v) is 5.29. The molecule has 94 valence electrons. The quantitative estimate of drug-likeness (QED) is 0.785. The van der Waals surface area contributed by atoms with Crippen LogP contribution in [-0.2, 0) is 4.79 Å². The zero-order valence-electron chi connectivity index (χ0n) is 9.88. The van der Waals surface area contributed by atoms with Gasteiger partial charge in [0, 0.05) is 7.05 Å². The van der Waals surface area contributed by atoms with E-state index in [1.54, 1.807) is 20.9 Å². The van der Waals surface area contributed by atoms with Gasteiger partial charge in [-0.05, 0) is 31.5 Å². The van der Waals surface area contributed by atoms with Gasteiger partial charge in [-0.15, -0.1) is 0 Å². The van der Waals surface area contributed by atoms with Crippen molar-refractivity contribution >= 4 is 21.8 Å². The van der Waals surface area contributed by atoms with Crippen LogP contribution >= 0.6 is 15.9 Å². The molecule has 2 unspecified atom stereocenters. The fourth-order valence-electron chi connectivity index (χ4n) is 1.47. The van der Waals surface area contributed by atoms with Gasteiger partial charge in [-0.2, -0.15) is 0 Å². The Morgan fingerprint density at radius 2 is 1.88 bits per heavy atom. The Hall–Kier alpha value is -0.970. The van der Waals surface area contributed by atoms with Crippen LogP contribution in [0, 0.1) is 11.6 Å². The minimum absolute atomic E-state index is 0.109. The average molecular weight is 306 g/mol. The number of carbonyl (C=O) groups is 1. The topological polar surface area (TPSA) is 20.3 Å². The first-order chi connectivity index (χ1) is 7.84. The molecule has 2 nitrogen and oxygen atoms in total. The van der Waals surface area contributed by atoms with Gasteiger partial charge in [0.15, 0.2) is 11.6 Å². The lowest BCUT2D eigenvalue weighted by Gasteiger charge is -2.26. The number of hydrogen-bond donors (Lipinski definition) is 0. The highest BCUT2D eigenvalue weighted by Gasteiger charge is 2.21. The molecule has 1 rings (SSSR count). The molecule has 5 heteroatoms. The lowest BCUT2D eigenvalue weighted by molar-refractivity contribution is -0.130. The molecule has 0 aliphatic heterocycles. The number of alkyl halides is 1. The molecule has 1 aromatic carbocycles. The van der Waals surface area contributed by atoms with Crippen LogP contribution in [0.1, 0.15) is 25.5 Å². The average Bonchev–Trinajstić information content (AvgIpc) is 2.29. The highest BCUT2D eigenvalue weighted by molar-refractivity contribution is 9.10. The fourth-order valence-corrected chi connectivity index (χ4v) is 1.79. The molecule has 0 aromatic heterocycles. The first-order valence-corrected chi connectivity index (χ1v) is 6.12. The van der Waals surface area contributed by atoms with E-state index in [0.717, 1.165) is 12.1 Å². The lowest BCUT2D eigenvalue weighted by Crippen LogP contribution is -2.34. The Kier molecular flexibility index (Phi) is 4.62. The van der Waals surface area contributed by atoms with Gasteiger partial charge in [0.1, 0.15) is 0 Å². The van der Waals surface area contributed by atoms with Crippen LogP contribution in [-0.4, -0.2) is 22.7 Å². The Balaban J connectivity index is 2.92. The van der Waals surface area contributed by atoms with Crippen LogP contribution in [0.4, 0.5) is 8.78 Å². The second kappa shape index (κ2) is 5.58. The van der Waals surface area contributed by atoms with Gasteiger partial charge in [0.2, 0.25) is 5.91 Å². The maximum Gasteiger partial charge on any atom is 0.236 e. The van der Waals surface area contributed by atoms with Crippen LogP contribution in [0.5, 0.6) is 0 Å². The number of halogens is 3. The van der Waals surface area contributed by atoms with Gasteiger partial charge in [0.05, 0.1) is 10.9 Å². The minimum Gasteiger partial charge on any atom is -0.338 e. The molecule has 0 saturated heterocycles. The standard InChI is InChI=1S/C12H14BrF2NO/c1-7(13)12(17)16(3)8(2)9-4-5-10(14)11(15)6-9/h4-8H,1-3H3. The molecular weight excluding hydrogens is 292 g/mol. The van der Waals surface area contributed by atoms with Gasteiger partial charge in [-0.25, -0.2) is 8.78 Å². The minimum atomic E-state index is -0.901. The summed E-state index contributed by atoms with van der Waals surface area (Å²) in [6.45, 7) is 3.48. The van der Waals surface area contributed by atoms with E-state index in [4.69, 9.17) is 0 Å². The monoisotopic (exact) mass is 305 g/mol. The fraction of sp³-hybridized carbons (Fsp3) is 0.417. The van der Waals surface area contributed by atoms with Crippen molar-refractivity contribution in [1.29, 1.82) is 0 Å². The molecule has 0 radical (unpaired) electrons. The van der Waals surface area contributed by atoms with Gasteiger partial charge in [-0.3, -0.25) is 4.79 Å². The first kappa shape index (κ1) is 14.1. The molecule has 2 atom stereocenters. The zero-order valence-corrected chi connectivity index (χ0v) is 11.5. The van der Waals surface area contributed by atoms with Crippen molar-refractivity contribution in [2.24, 2.45) is 0 Å². The van der Waals surface area contributed by atoms with Crippen LogP contribution in [0.25, 0.3) is 0 Å². The van der Waals surface area contributed by atoms with E-state index in [-0.39, 0.29) is 16.8 Å². The highest BCUT2D eigenvalue weighted by atomic mass is 79.9. The third kappa shape index (κ3) is 3.25. The van der Waals surface area contributed by atoms with Crippen LogP contribution < -0.4 is 0 Å². The number of nitrogens with zero attached hydrogens (tertiary/aromatic N) is 1. The molecule has 0 aliphatic rings. The molecule has 0 aliphatic carbocycles. The summed E-state index contributed by atoms with van der Waals surface area (Å²) in [4.78, 5) is 12.9. The summed E-state index contributed by atoms with van der Waals surface area (Å²) in [7, 11) is 1.63. The third-order valence-electron chi connectivity index (χ3n) is 2.69. The molecule has 0 bridgehead atoms. The van der Waals surface area contributed by atoms with Crippen LogP contribution in [0.15, 0.2) is 18.2 Å². The van der Waals surface area contributed by atoms with E-state index < -0.39 is 11.6 Å². The Morgan fingerprint density at radius 3 is 2.35 bits per heavy atom. The van der Waals surface area contributed by atoms with E-state index in [1.165, 1.54) is 11.0 Å². The van der Waals surface area contributed by atoms with Crippen molar-refractivity contribution < 1.29 is 13.6 Å². The van der Waals surface area contributed by atoms with Crippen molar-refractivity contribution in [1.82, 2.24) is 4.90 Å². The maximum absolute atomic E-state index is 13.1. The third-order valence-corrected chi connectivity index (χ3v) is 3.09. The molecule has 17 heavy (non-hydrogen) atoms. The van der Waals surface area contributed by atoms with Crippen molar-refractivity contribution in [2.75, 3.05) is 7.05 Å². The predicted molar refractivity (Wildman–Crippen MR) is 65.9 cm³/mol. The summed E-state index contributed by atoms with van der Waals surface area (Å²) in [5.41, 5.74) is 0.563. The van der Waals surface area contributed by atoms with Crippen molar-refractivity contribution in [3.8, 4) is 0 Å². The molecule has 1 aromatic rings. The Morgan fingerprint density at radius 1 is 1.29 bits per heavy atom. The van der Waals surface area contributed by atoms with Gasteiger partial charge < -0.3 is 4.90 Å². The van der Waals surface area contributed by atoms with E-state index in [2.05, 4.69) is 15.9 Å². The lowest BCUT2D eigenvalue weighted by atomic mass is 10.1. The summed E-state index contributed by atoms with van der Waals surface area (Å²) < 4.78 is 25.9. The highest BCUT2D eigenvalue weighted by Crippen LogP contribution is 2.22. The Labute approximate surface area is 108 Å². The van der Waals surface area contributed by atoms with E-state index >= 15 is 0 Å². The van der Waals surface area contributed by atoms with Crippen LogP contribution in [0.3, 0.4) is 0 Å². The number of hydrogen-bond acceptors (Lipinski definition) is 1. The van der Waals surface area contributed by atoms with Gasteiger partial charge >= 0.3 is 0 Å². The SMILES string of the molecule is CC(Br)C(=O)N(C)C(C)c1ccc(F)c(F)c1. The van der Waals surface area contributed by atoms with Gasteiger partial charge in [-0.1, -0.05) is 22.0 Å². The predicted octanol–water partition coefficient (Wildman–Crippen LogP) is 3.27. The molecule has 0 saturated carbocycles. The molecule has 0 N–H and O–H groups in total. The molecule has 1 amide bonds. The number of carbonyl (C=O) groups excluding carboxylic acids is 1. The van der Waals surface area contributed by atoms with Crippen molar-refractivity contribution in [3.63, 3.8) is 0 Å². The molecule has 0 fully saturated rings. The largest absolute Gasteiger partial charge is 0.338 e. The van der Waals surface area contributed by atoms with E-state index in [9.17, 15) is 13.6 Å². The number of amides is 1. The van der Waals surface area contributed by atoms with Crippen LogP contribution in [0.2, 0.25) is 0 Å². The normalized spacial score (nSPS) is 14.2. The maximum atomic E-state index is 13.1. The summed E-state index contributed by atoms with van der Waals surface area (Å²) in [6.07, 6.45) is 0. The van der Waals surface area contributed by atoms with E-state index in [1.807, 2.05) is 0 Å². The molecular formula is C12H14BrF2NO. The first-order valence-electron chi connectivity index (χ1n) is 5.20. The summed E-state index contributed by atoms with van der Waals surface area (Å²) >= 11 is 3.18. The summed E-state index contributed by atoms with van der Waals surface area (Å²) in [6, 6.07) is 3.35. The Bertz CT molecular complexity index is 423. The number of rotatable bonds is 3. The number of benzene rings is 1. The zero-order chi connectivity index (χ0) is 13.2.